The minimum absolute atomic E-state index is 0.00177. The molecule has 0 radical (unpaired) electrons. The summed E-state index contributed by atoms with van der Waals surface area (Å²) in [5.74, 6) is -2.24. The summed E-state index contributed by atoms with van der Waals surface area (Å²) >= 11 is 0. The molecule has 2 rings (SSSR count). The van der Waals surface area contributed by atoms with Crippen LogP contribution in [0.5, 0.6) is 0 Å². The molecule has 1 saturated heterocycles. The maximum Gasteiger partial charge on any atom is 0.245 e. The largest absolute Gasteiger partial charge is 0.432 e. The molecule has 4 N–H and O–H groups in total. The predicted octanol–water partition coefficient (Wildman–Crippen LogP) is 3.67. The van der Waals surface area contributed by atoms with Gasteiger partial charge in [0.15, 0.2) is 8.32 Å². The Bertz CT molecular complexity index is 1480. The van der Waals surface area contributed by atoms with Crippen LogP contribution in [0.15, 0.2) is 30.3 Å². The van der Waals surface area contributed by atoms with Gasteiger partial charge in [-0.05, 0) is 69.4 Å². The summed E-state index contributed by atoms with van der Waals surface area (Å²) in [6.45, 7) is 18.0. The van der Waals surface area contributed by atoms with Gasteiger partial charge in [0.2, 0.25) is 29.5 Å². The van der Waals surface area contributed by atoms with E-state index in [0.717, 1.165) is 18.4 Å². The summed E-state index contributed by atoms with van der Waals surface area (Å²) in [6.07, 6.45) is 1.03. The Balaban J connectivity index is 2.30. The highest BCUT2D eigenvalue weighted by molar-refractivity contribution is 6.69. The third kappa shape index (κ3) is 15.2. The van der Waals surface area contributed by atoms with E-state index in [-0.39, 0.29) is 60.1 Å². The van der Waals surface area contributed by atoms with Crippen molar-refractivity contribution in [1.29, 1.82) is 0 Å². The van der Waals surface area contributed by atoms with Gasteiger partial charge in [-0.1, -0.05) is 85.2 Å². The summed E-state index contributed by atoms with van der Waals surface area (Å²) in [5, 5.41) is 8.90. The molecular weight excluding hydrogens is 769 g/mol. The van der Waals surface area contributed by atoms with Gasteiger partial charge in [0, 0.05) is 40.8 Å². The van der Waals surface area contributed by atoms with E-state index < -0.39 is 56.7 Å². The van der Waals surface area contributed by atoms with Crippen molar-refractivity contribution >= 4 is 37.9 Å². The first-order valence-corrected chi connectivity index (χ1v) is 24.7. The molecule has 336 valence electrons. The quantitative estimate of drug-likeness (QED) is 0.114. The lowest BCUT2D eigenvalue weighted by Gasteiger charge is -2.41. The maximum absolute atomic E-state index is 14.3. The first-order chi connectivity index (χ1) is 27.6. The zero-order valence-corrected chi connectivity index (χ0v) is 39.5. The van der Waals surface area contributed by atoms with Crippen LogP contribution in [0.25, 0.3) is 0 Å². The van der Waals surface area contributed by atoms with Crippen LogP contribution >= 0.6 is 0 Å². The fourth-order valence-electron chi connectivity index (χ4n) is 8.39. The van der Waals surface area contributed by atoms with Gasteiger partial charge < -0.3 is 40.0 Å². The second-order valence-electron chi connectivity index (χ2n) is 18.1. The fraction of sp³-hybridized carbons (Fsp3) is 0.750. The van der Waals surface area contributed by atoms with Gasteiger partial charge in [-0.25, -0.2) is 0 Å². The first kappa shape index (κ1) is 51.8. The van der Waals surface area contributed by atoms with Gasteiger partial charge >= 0.3 is 0 Å². The molecule has 0 spiro atoms. The molecule has 1 aliphatic rings. The van der Waals surface area contributed by atoms with Crippen molar-refractivity contribution in [3.8, 4) is 0 Å². The topological polar surface area (TPSA) is 170 Å². The van der Waals surface area contributed by atoms with Crippen molar-refractivity contribution in [3.63, 3.8) is 0 Å². The Morgan fingerprint density at radius 3 is 2.03 bits per heavy atom. The lowest BCUT2D eigenvalue weighted by atomic mass is 9.89. The van der Waals surface area contributed by atoms with Crippen LogP contribution in [-0.2, 0) is 39.9 Å². The van der Waals surface area contributed by atoms with E-state index in [1.807, 2.05) is 104 Å². The first-order valence-electron chi connectivity index (χ1n) is 21.5. The van der Waals surface area contributed by atoms with Crippen molar-refractivity contribution < 1.29 is 38.2 Å². The number of rotatable bonds is 24. The van der Waals surface area contributed by atoms with Crippen molar-refractivity contribution in [2.75, 3.05) is 48.5 Å². The lowest BCUT2D eigenvalue weighted by Crippen LogP contribution is -2.59. The second-order valence-corrected chi connectivity index (χ2v) is 22.2. The van der Waals surface area contributed by atoms with Crippen molar-refractivity contribution in [2.45, 2.75) is 142 Å². The minimum Gasteiger partial charge on any atom is -0.432 e. The number of benzene rings is 1. The Morgan fingerprint density at radius 1 is 0.898 bits per heavy atom. The third-order valence-corrected chi connectivity index (χ3v) is 13.4. The standard InChI is InChI=1S/C44H78N6O8Si/c1-15-30(6)39(49(10)44(55)37(28(2)3)47-43(54)38(29(4)5)48(8)9)35(57-11)27-36(51)50-24-19-22-34(50)40(58-12)31(7)41(52)46-33(26-32-20-17-16-18-21-32)42(53)45-23-25-59(13,14)56/h16-18,20-21,28-31,33-35,37-40,56H,15,19,22-27H2,1-14H3,(H,45,53)(H,46,52)(H,47,54)/t30-,31+,33-,34-,35+,37-,38-,39-,40+/m0/s1. The Morgan fingerprint density at radius 2 is 1.53 bits per heavy atom. The molecule has 0 aliphatic carbocycles. The molecule has 59 heavy (non-hydrogen) atoms. The van der Waals surface area contributed by atoms with Crippen LogP contribution in [-0.4, -0.2) is 148 Å². The molecule has 1 aromatic carbocycles. The van der Waals surface area contributed by atoms with E-state index in [9.17, 15) is 28.8 Å². The van der Waals surface area contributed by atoms with Crippen LogP contribution < -0.4 is 16.0 Å². The predicted molar refractivity (Wildman–Crippen MR) is 235 cm³/mol. The van der Waals surface area contributed by atoms with Crippen LogP contribution in [0.1, 0.15) is 79.7 Å². The summed E-state index contributed by atoms with van der Waals surface area (Å²) in [4.78, 5) is 85.1. The zero-order valence-electron chi connectivity index (χ0n) is 38.5. The van der Waals surface area contributed by atoms with E-state index in [0.29, 0.717) is 25.6 Å². The number of ether oxygens (including phenoxy) is 2. The van der Waals surface area contributed by atoms with E-state index >= 15 is 0 Å². The lowest BCUT2D eigenvalue weighted by molar-refractivity contribution is -0.148. The molecule has 1 heterocycles. The summed E-state index contributed by atoms with van der Waals surface area (Å²) in [7, 11) is 6.13. The fourth-order valence-corrected chi connectivity index (χ4v) is 9.13. The molecule has 9 atom stereocenters. The van der Waals surface area contributed by atoms with Crippen LogP contribution in [0.3, 0.4) is 0 Å². The average Bonchev–Trinajstić information content (AvgIpc) is 3.65. The van der Waals surface area contributed by atoms with Crippen LogP contribution in [0, 0.1) is 23.7 Å². The molecule has 0 saturated carbocycles. The van der Waals surface area contributed by atoms with Gasteiger partial charge in [-0.15, -0.1) is 0 Å². The van der Waals surface area contributed by atoms with Crippen LogP contribution in [0.2, 0.25) is 19.1 Å². The number of amides is 5. The smallest absolute Gasteiger partial charge is 0.245 e. The van der Waals surface area contributed by atoms with E-state index in [2.05, 4.69) is 16.0 Å². The number of nitrogens with one attached hydrogen (secondary N) is 3. The molecule has 0 unspecified atom stereocenters. The van der Waals surface area contributed by atoms with Gasteiger partial charge in [-0.3, -0.25) is 28.9 Å². The second kappa shape index (κ2) is 24.2. The van der Waals surface area contributed by atoms with Crippen LogP contribution in [0.4, 0.5) is 0 Å². The van der Waals surface area contributed by atoms with Crippen molar-refractivity contribution in [2.24, 2.45) is 23.7 Å². The molecule has 0 aromatic heterocycles. The number of nitrogens with zero attached hydrogens (tertiary/aromatic N) is 3. The molecule has 15 heteroatoms. The normalized spacial score (nSPS) is 18.7. The molecular formula is C44H78N6O8Si. The summed E-state index contributed by atoms with van der Waals surface area (Å²) in [6, 6.07) is 7.02. The Kier molecular flexibility index (Phi) is 21.2. The van der Waals surface area contributed by atoms with Crippen molar-refractivity contribution in [3.05, 3.63) is 35.9 Å². The number of hydrogen-bond acceptors (Lipinski definition) is 9. The summed E-state index contributed by atoms with van der Waals surface area (Å²) in [5.41, 5.74) is 0.887. The average molecular weight is 847 g/mol. The molecule has 5 amide bonds. The number of likely N-dealkylation sites (N-methyl/N-ethyl adjacent to an activating group) is 2. The minimum atomic E-state index is -2.39. The van der Waals surface area contributed by atoms with E-state index in [1.54, 1.807) is 30.9 Å². The Labute approximate surface area is 356 Å². The zero-order chi connectivity index (χ0) is 44.8. The highest BCUT2D eigenvalue weighted by Gasteiger charge is 2.43. The molecule has 1 fully saturated rings. The highest BCUT2D eigenvalue weighted by Crippen LogP contribution is 2.30. The third-order valence-electron chi connectivity index (χ3n) is 11.9. The van der Waals surface area contributed by atoms with Gasteiger partial charge in [-0.2, -0.15) is 0 Å². The van der Waals surface area contributed by atoms with Gasteiger partial charge in [0.25, 0.3) is 0 Å². The van der Waals surface area contributed by atoms with Gasteiger partial charge in [0.1, 0.15) is 12.1 Å². The maximum atomic E-state index is 14.3. The van der Waals surface area contributed by atoms with Crippen molar-refractivity contribution in [1.82, 2.24) is 30.7 Å². The number of carbonyl (C=O) groups excluding carboxylic acids is 5. The van der Waals surface area contributed by atoms with Gasteiger partial charge in [0.05, 0.1) is 42.7 Å². The number of methoxy groups -OCH3 is 2. The summed E-state index contributed by atoms with van der Waals surface area (Å²) < 4.78 is 12.0. The van der Waals surface area contributed by atoms with E-state index in [4.69, 9.17) is 9.47 Å². The Hall–Kier alpha value is -3.37. The molecule has 0 bridgehead atoms. The van der Waals surface area contributed by atoms with E-state index in [1.165, 1.54) is 7.11 Å². The SMILES string of the molecule is CC[C@H](C)[C@@H]([C@@H](CC(=O)N1CCC[C@H]1[C@H](OC)[C@@H](C)C(=O)N[C@@H](Cc1ccccc1)C(=O)NCC[Si](C)(C)O)OC)N(C)C(=O)[C@@H](NC(=O)[C@H](C(C)C)N(C)C)C(C)C. The molecule has 1 aromatic rings. The molecule has 14 nitrogen and oxygen atoms in total. The highest BCUT2D eigenvalue weighted by atomic mass is 28.4. The monoisotopic (exact) mass is 847 g/mol. The number of hydrogen-bond donors (Lipinski definition) is 4. The molecule has 1 aliphatic heterocycles. The number of carbonyl (C=O) groups is 5. The number of likely N-dealkylation sites (tertiary alicyclic amines) is 1.